The molecule has 0 aliphatic carbocycles. The average molecular weight is 181 g/mol. The Bertz CT molecular complexity index is 248. The van der Waals surface area contributed by atoms with Crippen molar-refractivity contribution in [1.29, 1.82) is 0 Å². The zero-order valence-electron chi connectivity index (χ0n) is 9.13. The molecule has 0 bridgehead atoms. The van der Waals surface area contributed by atoms with E-state index in [0.717, 1.165) is 11.6 Å². The molecule has 3 heteroatoms. The van der Waals surface area contributed by atoms with E-state index in [1.54, 1.807) is 0 Å². The summed E-state index contributed by atoms with van der Waals surface area (Å²) in [6, 6.07) is 0.479. The second kappa shape index (κ2) is 3.81. The molecule has 0 atom stereocenters. The molecule has 0 aromatic carbocycles. The molecule has 1 N–H and O–H groups in total. The van der Waals surface area contributed by atoms with Gasteiger partial charge < -0.3 is 9.88 Å². The molecule has 3 nitrogen and oxygen atoms in total. The number of nitrogens with one attached hydrogen (secondary N) is 1. The van der Waals surface area contributed by atoms with E-state index < -0.39 is 0 Å². The minimum absolute atomic E-state index is 0.476. The average Bonchev–Trinajstić information content (AvgIpc) is 2.47. The number of imidazole rings is 1. The maximum atomic E-state index is 4.50. The van der Waals surface area contributed by atoms with Crippen molar-refractivity contribution in [3.05, 3.63) is 12.0 Å². The van der Waals surface area contributed by atoms with E-state index in [2.05, 4.69) is 48.8 Å². The molecule has 0 saturated heterocycles. The molecular weight excluding hydrogens is 162 g/mol. The first-order valence-corrected chi connectivity index (χ1v) is 4.82. The first-order chi connectivity index (χ1) is 6.06. The number of anilines is 1. The van der Waals surface area contributed by atoms with Gasteiger partial charge in [-0.25, -0.2) is 4.98 Å². The first kappa shape index (κ1) is 10.1. The van der Waals surface area contributed by atoms with Crippen molar-refractivity contribution in [2.24, 2.45) is 0 Å². The normalized spacial score (nSPS) is 11.3. The third-order valence-corrected chi connectivity index (χ3v) is 2.09. The summed E-state index contributed by atoms with van der Waals surface area (Å²) in [6.07, 6.45) is 2.07. The Morgan fingerprint density at radius 1 is 1.31 bits per heavy atom. The summed E-state index contributed by atoms with van der Waals surface area (Å²) >= 11 is 0. The Morgan fingerprint density at radius 3 is 2.23 bits per heavy atom. The van der Waals surface area contributed by atoms with Crippen molar-refractivity contribution in [2.45, 2.75) is 39.7 Å². The molecular formula is C10H19N3. The number of aromatic nitrogens is 2. The molecule has 0 radical (unpaired) electrons. The lowest BCUT2D eigenvalue weighted by atomic mass is 10.2. The first-order valence-electron chi connectivity index (χ1n) is 4.82. The second-order valence-electron chi connectivity index (χ2n) is 3.89. The van der Waals surface area contributed by atoms with Crippen LogP contribution in [0.2, 0.25) is 0 Å². The smallest absolute Gasteiger partial charge is 0.144 e. The van der Waals surface area contributed by atoms with Crippen LogP contribution in [0.15, 0.2) is 6.20 Å². The summed E-state index contributed by atoms with van der Waals surface area (Å²) in [7, 11) is 1.90. The topological polar surface area (TPSA) is 29.9 Å². The Kier molecular flexibility index (Phi) is 2.96. The molecule has 0 unspecified atom stereocenters. The Balaban J connectivity index is 3.08. The number of nitrogens with zero attached hydrogens (tertiary/aromatic N) is 2. The van der Waals surface area contributed by atoms with Crippen LogP contribution in [0.5, 0.6) is 0 Å². The molecule has 1 heterocycles. The van der Waals surface area contributed by atoms with Gasteiger partial charge in [-0.05, 0) is 13.8 Å². The second-order valence-corrected chi connectivity index (χ2v) is 3.89. The van der Waals surface area contributed by atoms with Gasteiger partial charge in [0.2, 0.25) is 0 Å². The van der Waals surface area contributed by atoms with Crippen molar-refractivity contribution >= 4 is 5.82 Å². The number of rotatable bonds is 3. The monoisotopic (exact) mass is 181 g/mol. The minimum Gasteiger partial charge on any atom is -0.372 e. The summed E-state index contributed by atoms with van der Waals surface area (Å²) in [5.41, 5.74) is 0. The zero-order chi connectivity index (χ0) is 10.0. The molecule has 1 aromatic rings. The summed E-state index contributed by atoms with van der Waals surface area (Å²) in [5.74, 6) is 2.58. The van der Waals surface area contributed by atoms with Crippen molar-refractivity contribution in [1.82, 2.24) is 9.55 Å². The van der Waals surface area contributed by atoms with Crippen molar-refractivity contribution in [2.75, 3.05) is 12.4 Å². The van der Waals surface area contributed by atoms with Gasteiger partial charge in [0.05, 0.1) is 0 Å². The fraction of sp³-hybridized carbons (Fsp3) is 0.700. The lowest BCUT2D eigenvalue weighted by Crippen LogP contribution is -2.06. The summed E-state index contributed by atoms with van der Waals surface area (Å²) < 4.78 is 2.22. The highest BCUT2D eigenvalue weighted by atomic mass is 15.1. The van der Waals surface area contributed by atoms with Crippen LogP contribution in [0.4, 0.5) is 5.82 Å². The van der Waals surface area contributed by atoms with Crippen molar-refractivity contribution in [3.63, 3.8) is 0 Å². The van der Waals surface area contributed by atoms with Gasteiger partial charge in [0.25, 0.3) is 0 Å². The molecule has 0 aliphatic rings. The highest BCUT2D eigenvalue weighted by Crippen LogP contribution is 2.20. The Labute approximate surface area is 80.2 Å². The fourth-order valence-electron chi connectivity index (χ4n) is 1.37. The predicted octanol–water partition coefficient (Wildman–Crippen LogP) is 2.63. The van der Waals surface area contributed by atoms with Crippen molar-refractivity contribution < 1.29 is 0 Å². The fourth-order valence-corrected chi connectivity index (χ4v) is 1.37. The molecule has 0 spiro atoms. The molecule has 13 heavy (non-hydrogen) atoms. The van der Waals surface area contributed by atoms with Gasteiger partial charge in [-0.3, -0.25) is 0 Å². The van der Waals surface area contributed by atoms with Crippen LogP contribution < -0.4 is 5.32 Å². The van der Waals surface area contributed by atoms with Gasteiger partial charge in [-0.15, -0.1) is 0 Å². The molecule has 0 saturated carbocycles. The Morgan fingerprint density at radius 2 is 1.92 bits per heavy atom. The van der Waals surface area contributed by atoms with Gasteiger partial charge in [0.1, 0.15) is 11.6 Å². The van der Waals surface area contributed by atoms with Crippen LogP contribution in [0, 0.1) is 0 Å². The van der Waals surface area contributed by atoms with Crippen LogP contribution in [0.1, 0.15) is 45.5 Å². The lowest BCUT2D eigenvalue weighted by molar-refractivity contribution is 0.550. The summed E-state index contributed by atoms with van der Waals surface area (Å²) in [6.45, 7) is 8.68. The standard InChI is InChI=1S/C10H19N3/c1-7(2)10-12-9(11-5)6-13(10)8(3)4/h6-8,11H,1-5H3. The van der Waals surface area contributed by atoms with E-state index in [1.165, 1.54) is 0 Å². The summed E-state index contributed by atoms with van der Waals surface area (Å²) in [5, 5.41) is 3.07. The largest absolute Gasteiger partial charge is 0.372 e. The van der Waals surface area contributed by atoms with E-state index in [4.69, 9.17) is 0 Å². The van der Waals surface area contributed by atoms with Crippen LogP contribution in [-0.2, 0) is 0 Å². The van der Waals surface area contributed by atoms with E-state index in [9.17, 15) is 0 Å². The van der Waals surface area contributed by atoms with E-state index in [1.807, 2.05) is 7.05 Å². The van der Waals surface area contributed by atoms with Gasteiger partial charge >= 0.3 is 0 Å². The van der Waals surface area contributed by atoms with E-state index in [0.29, 0.717) is 12.0 Å². The zero-order valence-corrected chi connectivity index (χ0v) is 9.13. The van der Waals surface area contributed by atoms with Crippen LogP contribution in [-0.4, -0.2) is 16.6 Å². The van der Waals surface area contributed by atoms with Gasteiger partial charge in [0, 0.05) is 25.2 Å². The minimum atomic E-state index is 0.476. The molecule has 0 amide bonds. The van der Waals surface area contributed by atoms with Gasteiger partial charge in [-0.1, -0.05) is 13.8 Å². The van der Waals surface area contributed by atoms with Gasteiger partial charge in [-0.2, -0.15) is 0 Å². The van der Waals surface area contributed by atoms with Gasteiger partial charge in [0.15, 0.2) is 0 Å². The predicted molar refractivity (Wildman–Crippen MR) is 56.2 cm³/mol. The molecule has 1 aromatic heterocycles. The third kappa shape index (κ3) is 2.02. The Hall–Kier alpha value is -0.990. The third-order valence-electron chi connectivity index (χ3n) is 2.09. The highest BCUT2D eigenvalue weighted by molar-refractivity contribution is 5.33. The maximum absolute atomic E-state index is 4.50. The molecule has 1 rings (SSSR count). The van der Waals surface area contributed by atoms with Crippen molar-refractivity contribution in [3.8, 4) is 0 Å². The molecule has 0 fully saturated rings. The highest BCUT2D eigenvalue weighted by Gasteiger charge is 2.12. The lowest BCUT2D eigenvalue weighted by Gasteiger charge is -2.12. The van der Waals surface area contributed by atoms with Crippen LogP contribution in [0.25, 0.3) is 0 Å². The molecule has 0 aliphatic heterocycles. The van der Waals surface area contributed by atoms with E-state index >= 15 is 0 Å². The molecule has 74 valence electrons. The number of hydrogen-bond donors (Lipinski definition) is 1. The maximum Gasteiger partial charge on any atom is 0.144 e. The van der Waals surface area contributed by atoms with Crippen LogP contribution >= 0.6 is 0 Å². The summed E-state index contributed by atoms with van der Waals surface area (Å²) in [4.78, 5) is 4.50. The number of hydrogen-bond acceptors (Lipinski definition) is 2. The SMILES string of the molecule is CNc1cn(C(C)C)c(C(C)C)n1. The quantitative estimate of drug-likeness (QED) is 0.776. The van der Waals surface area contributed by atoms with E-state index in [-0.39, 0.29) is 0 Å². The van der Waals surface area contributed by atoms with Crippen LogP contribution in [0.3, 0.4) is 0 Å².